The molecule has 14 heavy (non-hydrogen) atoms. The summed E-state index contributed by atoms with van der Waals surface area (Å²) in [5.74, 6) is 0. The van der Waals surface area contributed by atoms with Crippen LogP contribution in [0.3, 0.4) is 0 Å². The third-order valence-corrected chi connectivity index (χ3v) is 1.61. The highest BCUT2D eigenvalue weighted by Gasteiger charge is 1.94. The fraction of sp³-hybridized carbons (Fsp3) is 0.500. The molecule has 2 heteroatoms. The molecule has 2 nitrogen and oxygen atoms in total. The van der Waals surface area contributed by atoms with E-state index in [-0.39, 0.29) is 0 Å². The van der Waals surface area contributed by atoms with Crippen LogP contribution in [0, 0.1) is 0 Å². The predicted molar refractivity (Wildman–Crippen MR) is 66.1 cm³/mol. The monoisotopic (exact) mass is 194 g/mol. The van der Waals surface area contributed by atoms with Gasteiger partial charge in [-0.25, -0.2) is 0 Å². The molecular formula is C12H22N2. The van der Waals surface area contributed by atoms with Crippen molar-refractivity contribution in [3.63, 3.8) is 0 Å². The fourth-order valence-electron chi connectivity index (χ4n) is 1.10. The van der Waals surface area contributed by atoms with Gasteiger partial charge < -0.3 is 10.6 Å². The van der Waals surface area contributed by atoms with Crippen LogP contribution in [0.25, 0.3) is 0 Å². The maximum atomic E-state index is 3.34. The molecule has 0 aliphatic rings. The summed E-state index contributed by atoms with van der Waals surface area (Å²) in [5.41, 5.74) is 2.30. The van der Waals surface area contributed by atoms with Gasteiger partial charge in [0.1, 0.15) is 0 Å². The van der Waals surface area contributed by atoms with E-state index in [2.05, 4.69) is 36.6 Å². The molecule has 0 spiro atoms. The van der Waals surface area contributed by atoms with Crippen molar-refractivity contribution in [2.24, 2.45) is 0 Å². The number of rotatable bonds is 3. The van der Waals surface area contributed by atoms with Crippen LogP contribution in [0.1, 0.15) is 27.7 Å². The molecule has 0 unspecified atom stereocenters. The van der Waals surface area contributed by atoms with E-state index in [4.69, 9.17) is 0 Å². The maximum absolute atomic E-state index is 3.34. The Bertz CT molecular complexity index is 244. The van der Waals surface area contributed by atoms with Crippen molar-refractivity contribution in [1.82, 2.24) is 0 Å². The van der Waals surface area contributed by atoms with E-state index >= 15 is 0 Å². The lowest BCUT2D eigenvalue weighted by atomic mass is 10.2. The minimum Gasteiger partial charge on any atom is -0.388 e. The Balaban J connectivity index is 0.000000791. The minimum absolute atomic E-state index is 0.483. The number of hydrogen-bond donors (Lipinski definition) is 2. The Morgan fingerprint density at radius 1 is 1.07 bits per heavy atom. The molecule has 0 aromatic heterocycles. The molecule has 0 radical (unpaired) electrons. The van der Waals surface area contributed by atoms with E-state index in [1.165, 1.54) is 0 Å². The Hall–Kier alpha value is -1.18. The lowest BCUT2D eigenvalue weighted by Crippen LogP contribution is -2.09. The van der Waals surface area contributed by atoms with Gasteiger partial charge in [0.25, 0.3) is 0 Å². The van der Waals surface area contributed by atoms with Crippen LogP contribution in [0.4, 0.5) is 11.4 Å². The van der Waals surface area contributed by atoms with Gasteiger partial charge in [0.2, 0.25) is 0 Å². The van der Waals surface area contributed by atoms with E-state index in [0.717, 1.165) is 11.4 Å². The van der Waals surface area contributed by atoms with Gasteiger partial charge in [0.15, 0.2) is 0 Å². The van der Waals surface area contributed by atoms with E-state index < -0.39 is 0 Å². The molecule has 0 aliphatic carbocycles. The van der Waals surface area contributed by atoms with Crippen molar-refractivity contribution >= 4 is 11.4 Å². The zero-order valence-electron chi connectivity index (χ0n) is 9.89. The highest BCUT2D eigenvalue weighted by molar-refractivity contribution is 5.56. The molecule has 0 aliphatic heterocycles. The van der Waals surface area contributed by atoms with Crippen LogP contribution < -0.4 is 10.6 Å². The topological polar surface area (TPSA) is 24.1 Å². The summed E-state index contributed by atoms with van der Waals surface area (Å²) in [4.78, 5) is 0. The quantitative estimate of drug-likeness (QED) is 0.768. The Kier molecular flexibility index (Phi) is 6.63. The second kappa shape index (κ2) is 7.25. The molecule has 0 amide bonds. The van der Waals surface area contributed by atoms with Crippen molar-refractivity contribution in [3.8, 4) is 0 Å². The van der Waals surface area contributed by atoms with Crippen molar-refractivity contribution in [2.75, 3.05) is 17.7 Å². The Labute approximate surface area is 87.7 Å². The number of anilines is 2. The van der Waals surface area contributed by atoms with Gasteiger partial charge in [-0.1, -0.05) is 19.9 Å². The van der Waals surface area contributed by atoms with Crippen LogP contribution in [0.15, 0.2) is 24.3 Å². The van der Waals surface area contributed by atoms with Crippen molar-refractivity contribution < 1.29 is 0 Å². The lowest BCUT2D eigenvalue weighted by molar-refractivity contribution is 0.900. The molecule has 0 bridgehead atoms. The predicted octanol–water partition coefficient (Wildman–Crippen LogP) is 3.57. The lowest BCUT2D eigenvalue weighted by Gasteiger charge is -2.10. The SMILES string of the molecule is CC.CNc1cccc(NC(C)C)c1. The van der Waals surface area contributed by atoms with Gasteiger partial charge in [-0.3, -0.25) is 0 Å². The van der Waals surface area contributed by atoms with Crippen LogP contribution in [-0.4, -0.2) is 13.1 Å². The summed E-state index contributed by atoms with van der Waals surface area (Å²) >= 11 is 0. The summed E-state index contributed by atoms with van der Waals surface area (Å²) in [6.45, 7) is 8.26. The molecule has 0 saturated heterocycles. The Morgan fingerprint density at radius 2 is 1.64 bits per heavy atom. The first kappa shape index (κ1) is 12.8. The molecule has 0 saturated carbocycles. The molecule has 2 N–H and O–H groups in total. The first-order valence-electron chi connectivity index (χ1n) is 5.26. The summed E-state index contributed by atoms with van der Waals surface area (Å²) in [6.07, 6.45) is 0. The third-order valence-electron chi connectivity index (χ3n) is 1.61. The number of benzene rings is 1. The second-order valence-electron chi connectivity index (χ2n) is 3.13. The molecule has 0 fully saturated rings. The zero-order valence-corrected chi connectivity index (χ0v) is 9.89. The van der Waals surface area contributed by atoms with Crippen LogP contribution in [0.5, 0.6) is 0 Å². The number of hydrogen-bond acceptors (Lipinski definition) is 2. The fourth-order valence-corrected chi connectivity index (χ4v) is 1.10. The highest BCUT2D eigenvalue weighted by atomic mass is 14.9. The maximum Gasteiger partial charge on any atom is 0.0362 e. The summed E-state index contributed by atoms with van der Waals surface area (Å²) in [7, 11) is 1.93. The molecule has 0 atom stereocenters. The normalized spacial score (nSPS) is 9.00. The van der Waals surface area contributed by atoms with Gasteiger partial charge in [-0.15, -0.1) is 0 Å². The molecular weight excluding hydrogens is 172 g/mol. The average molecular weight is 194 g/mol. The first-order valence-corrected chi connectivity index (χ1v) is 5.26. The van der Waals surface area contributed by atoms with Crippen LogP contribution in [0.2, 0.25) is 0 Å². The molecule has 0 heterocycles. The van der Waals surface area contributed by atoms with Gasteiger partial charge in [-0.05, 0) is 32.0 Å². The number of nitrogens with one attached hydrogen (secondary N) is 2. The van der Waals surface area contributed by atoms with Crippen molar-refractivity contribution in [1.29, 1.82) is 0 Å². The van der Waals surface area contributed by atoms with Gasteiger partial charge in [0.05, 0.1) is 0 Å². The van der Waals surface area contributed by atoms with Crippen LogP contribution >= 0.6 is 0 Å². The smallest absolute Gasteiger partial charge is 0.0362 e. The summed E-state index contributed by atoms with van der Waals surface area (Å²) in [5, 5.41) is 6.44. The molecule has 1 aromatic rings. The summed E-state index contributed by atoms with van der Waals surface area (Å²) in [6, 6.07) is 8.74. The van der Waals surface area contributed by atoms with Crippen LogP contribution in [-0.2, 0) is 0 Å². The standard InChI is InChI=1S/C10H16N2.C2H6/c1-8(2)12-10-6-4-5-9(7-10)11-3;1-2/h4-8,11-12H,1-3H3;1-2H3. The van der Waals surface area contributed by atoms with Crippen molar-refractivity contribution in [3.05, 3.63) is 24.3 Å². The highest BCUT2D eigenvalue weighted by Crippen LogP contribution is 2.14. The van der Waals surface area contributed by atoms with E-state index in [9.17, 15) is 0 Å². The van der Waals surface area contributed by atoms with E-state index in [1.54, 1.807) is 0 Å². The first-order chi connectivity index (χ1) is 6.72. The van der Waals surface area contributed by atoms with Gasteiger partial charge >= 0.3 is 0 Å². The zero-order chi connectivity index (χ0) is 11.0. The van der Waals surface area contributed by atoms with Gasteiger partial charge in [0, 0.05) is 24.5 Å². The Morgan fingerprint density at radius 3 is 2.14 bits per heavy atom. The van der Waals surface area contributed by atoms with E-state index in [0.29, 0.717) is 6.04 Å². The summed E-state index contributed by atoms with van der Waals surface area (Å²) < 4.78 is 0. The third kappa shape index (κ3) is 4.75. The molecule has 80 valence electrons. The van der Waals surface area contributed by atoms with Crippen molar-refractivity contribution in [2.45, 2.75) is 33.7 Å². The molecule has 1 rings (SSSR count). The van der Waals surface area contributed by atoms with E-state index in [1.807, 2.05) is 33.0 Å². The second-order valence-corrected chi connectivity index (χ2v) is 3.13. The largest absolute Gasteiger partial charge is 0.388 e. The average Bonchev–Trinajstić information content (AvgIpc) is 2.20. The van der Waals surface area contributed by atoms with Gasteiger partial charge in [-0.2, -0.15) is 0 Å². The molecule has 1 aromatic carbocycles. The minimum atomic E-state index is 0.483.